The van der Waals surface area contributed by atoms with E-state index < -0.39 is 0 Å². The van der Waals surface area contributed by atoms with Gasteiger partial charge in [-0.05, 0) is 38.0 Å². The topological polar surface area (TPSA) is 134 Å². The molecule has 6 rings (SSSR count). The average Bonchev–Trinajstić information content (AvgIpc) is 3.15. The van der Waals surface area contributed by atoms with E-state index in [1.165, 1.54) is 64.2 Å². The van der Waals surface area contributed by atoms with Gasteiger partial charge in [-0.15, -0.1) is 38.3 Å². The van der Waals surface area contributed by atoms with Crippen LogP contribution in [0.5, 0.6) is 0 Å². The van der Waals surface area contributed by atoms with Gasteiger partial charge in [0.1, 0.15) is 0 Å². The fraction of sp³-hybridized carbons (Fsp3) is 0.875. The van der Waals surface area contributed by atoms with E-state index in [0.717, 1.165) is 76.9 Å². The van der Waals surface area contributed by atoms with Gasteiger partial charge < -0.3 is 31.9 Å². The first-order valence-electron chi connectivity index (χ1n) is 17.6. The molecule has 2 aliphatic carbocycles. The van der Waals surface area contributed by atoms with Gasteiger partial charge in [0.2, 0.25) is 0 Å². The Labute approximate surface area is 318 Å². The number of halogens is 2. The summed E-state index contributed by atoms with van der Waals surface area (Å²) in [6.07, 6.45) is 26.7. The van der Waals surface area contributed by atoms with Gasteiger partial charge in [0.05, 0.1) is 12.1 Å². The molecular weight excluding hydrogens is 997 g/mol. The van der Waals surface area contributed by atoms with E-state index >= 15 is 0 Å². The van der Waals surface area contributed by atoms with Crippen molar-refractivity contribution in [2.45, 2.75) is 152 Å². The standard InChI is InChI=1S/C16H28N5.C16H24N5.2ClH.2Hg/c2*1-2-8-14(20-21-16-10-4-6-12-18-16)13(7-1)19-15-9-3-5-11-17-15;;;;/h13-16H,1-12H2;3,5,9,13-14,16H,1-2,4,6-8,10-12H2;2*1H;;/q2*-3;;;2*+1/p-2. The Hall–Kier alpha value is 0.570. The van der Waals surface area contributed by atoms with Crippen LogP contribution in [0.15, 0.2) is 44.5 Å². The van der Waals surface area contributed by atoms with E-state index in [1.807, 2.05) is 18.2 Å². The van der Waals surface area contributed by atoms with Crippen LogP contribution in [0.2, 0.25) is 0 Å². The molecule has 3 saturated heterocycles. The van der Waals surface area contributed by atoms with Crippen LogP contribution in [0.4, 0.5) is 0 Å². The number of rotatable bonds is 8. The molecule has 10 nitrogen and oxygen atoms in total. The summed E-state index contributed by atoms with van der Waals surface area (Å²) in [7, 11) is 9.67. The number of hydrogen-bond donors (Lipinski definition) is 0. The molecule has 6 aliphatic rings. The van der Waals surface area contributed by atoms with Crippen molar-refractivity contribution in [2.75, 3.05) is 26.2 Å². The molecular formula is C32H52Cl2Hg2N10-6. The third-order valence-electron chi connectivity index (χ3n) is 9.12. The minimum atomic E-state index is 0.0999. The molecule has 0 N–H and O–H groups in total. The second-order valence-electron chi connectivity index (χ2n) is 12.5. The minimum absolute atomic E-state index is 0.0999. The first-order valence-corrected chi connectivity index (χ1v) is 31.2. The Kier molecular flexibility index (Phi) is 23.5. The zero-order valence-corrected chi connectivity index (χ0v) is 40.3. The van der Waals surface area contributed by atoms with Gasteiger partial charge in [-0.1, -0.05) is 102 Å². The van der Waals surface area contributed by atoms with Crippen molar-refractivity contribution in [1.82, 2.24) is 0 Å². The Morgan fingerprint density at radius 1 is 0.587 bits per heavy atom. The third-order valence-corrected chi connectivity index (χ3v) is 9.12. The summed E-state index contributed by atoms with van der Waals surface area (Å²) in [5.41, 5.74) is 0. The number of allylic oxidation sites excluding steroid dienone is 2. The molecule has 46 heavy (non-hydrogen) atoms. The second-order valence-corrected chi connectivity index (χ2v) is 12.5. The van der Waals surface area contributed by atoms with Crippen molar-refractivity contribution in [1.29, 1.82) is 0 Å². The van der Waals surface area contributed by atoms with Crippen LogP contribution >= 0.6 is 16.5 Å². The zero-order valence-electron chi connectivity index (χ0n) is 27.8. The Morgan fingerprint density at radius 3 is 1.63 bits per heavy atom. The van der Waals surface area contributed by atoms with Crippen LogP contribution in [0.25, 0.3) is 31.9 Å². The van der Waals surface area contributed by atoms with Gasteiger partial charge in [-0.25, -0.2) is 16.4 Å². The van der Waals surface area contributed by atoms with Crippen molar-refractivity contribution >= 4 is 16.5 Å². The van der Waals surface area contributed by atoms with Gasteiger partial charge in [0, 0.05) is 0 Å². The quantitative estimate of drug-likeness (QED) is 0.169. The van der Waals surface area contributed by atoms with Gasteiger partial charge in [0.25, 0.3) is 0 Å². The molecule has 4 heterocycles. The van der Waals surface area contributed by atoms with Crippen LogP contribution in [0, 0.1) is 0 Å². The monoisotopic (exact) mass is 1050 g/mol. The van der Waals surface area contributed by atoms with Crippen LogP contribution < -0.4 is 0 Å². The Bertz CT molecular complexity index is 894. The summed E-state index contributed by atoms with van der Waals surface area (Å²) in [6.45, 7) is 3.65. The summed E-state index contributed by atoms with van der Waals surface area (Å²) >= 11 is 1.00. The van der Waals surface area contributed by atoms with E-state index in [9.17, 15) is 0 Å². The molecule has 0 spiro atoms. The molecule has 5 fully saturated rings. The molecule has 0 amide bonds. The summed E-state index contributed by atoms with van der Waals surface area (Å²) in [5.74, 6) is 0.868. The fourth-order valence-electron chi connectivity index (χ4n) is 6.61. The molecule has 0 aromatic heterocycles. The number of piperidine rings is 3. The van der Waals surface area contributed by atoms with Gasteiger partial charge in [-0.3, -0.25) is 5.82 Å². The summed E-state index contributed by atoms with van der Waals surface area (Å²) in [4.78, 5) is 0. The summed E-state index contributed by atoms with van der Waals surface area (Å²) in [6, 6.07) is 1.09. The fourth-order valence-corrected chi connectivity index (χ4v) is 6.61. The van der Waals surface area contributed by atoms with E-state index in [4.69, 9.17) is 27.1 Å². The van der Waals surface area contributed by atoms with Crippen LogP contribution in [0.1, 0.15) is 109 Å². The predicted molar refractivity (Wildman–Crippen MR) is 183 cm³/mol. The number of nitrogens with zero attached hydrogens (tertiary/aromatic N) is 10. The molecule has 14 heteroatoms. The molecule has 7 unspecified atom stereocenters. The second kappa shape index (κ2) is 26.4. The first kappa shape index (κ1) is 41.0. The van der Waals surface area contributed by atoms with Crippen molar-refractivity contribution in [2.24, 2.45) is 20.5 Å². The van der Waals surface area contributed by atoms with Crippen molar-refractivity contribution < 1.29 is 49.8 Å². The van der Waals surface area contributed by atoms with E-state index in [0.29, 0.717) is 55.8 Å². The van der Waals surface area contributed by atoms with Gasteiger partial charge >= 0.3 is 66.3 Å². The van der Waals surface area contributed by atoms with Gasteiger partial charge in [-0.2, -0.15) is 10.2 Å². The summed E-state index contributed by atoms with van der Waals surface area (Å²) in [5, 5.41) is 46.2. The van der Waals surface area contributed by atoms with Crippen LogP contribution in [0.3, 0.4) is 0 Å². The zero-order chi connectivity index (χ0) is 32.7. The Balaban J connectivity index is 0.000000226. The van der Waals surface area contributed by atoms with Crippen LogP contribution in [-0.4, -0.2) is 68.8 Å². The predicted octanol–water partition coefficient (Wildman–Crippen LogP) is 11.1. The molecule has 7 atom stereocenters. The molecule has 0 radical (unpaired) electrons. The van der Waals surface area contributed by atoms with Crippen molar-refractivity contribution in [3.63, 3.8) is 0 Å². The molecule has 254 valence electrons. The molecule has 4 aliphatic heterocycles. The van der Waals surface area contributed by atoms with E-state index in [2.05, 4.69) is 41.7 Å². The third kappa shape index (κ3) is 16.1. The maximum atomic E-state index is 4.99. The maximum absolute atomic E-state index is 4.99. The first-order chi connectivity index (χ1) is 22.8. The van der Waals surface area contributed by atoms with Crippen molar-refractivity contribution in [3.05, 3.63) is 55.9 Å². The molecule has 0 bridgehead atoms. The van der Waals surface area contributed by atoms with Crippen LogP contribution in [-0.2, 0) is 49.8 Å². The number of hydrogen-bond acceptors (Lipinski definition) is 4. The normalized spacial score (nSPS) is 33.3. The van der Waals surface area contributed by atoms with E-state index in [1.54, 1.807) is 0 Å². The number of azo groups is 2. The van der Waals surface area contributed by atoms with E-state index in [-0.39, 0.29) is 36.6 Å². The SMILES string of the molecule is C1=CC[N-]C([N-]C2CCCCC2N=NC2CCCC[N-]2)=C1.C1CCC(N=NC2CCCCC2[N-]C2CCCC[N-]2)[N-]C1.[Cl][Hg].[Cl][Hg]. The molecule has 0 aromatic carbocycles. The van der Waals surface area contributed by atoms with Gasteiger partial charge in [0.15, 0.2) is 0 Å². The average molecular weight is 1050 g/mol. The molecule has 0 aromatic rings. The van der Waals surface area contributed by atoms with Crippen molar-refractivity contribution in [3.8, 4) is 0 Å². The summed E-state index contributed by atoms with van der Waals surface area (Å²) < 4.78 is 0. The molecule has 2 saturated carbocycles. The Morgan fingerprint density at radius 2 is 1.11 bits per heavy atom.